The van der Waals surface area contributed by atoms with Crippen LogP contribution in [0.3, 0.4) is 0 Å². The average molecular weight is 510 g/mol. The highest BCUT2D eigenvalue weighted by molar-refractivity contribution is 5.78. The van der Waals surface area contributed by atoms with Gasteiger partial charge in [0.15, 0.2) is 0 Å². The third kappa shape index (κ3) is 7.94. The van der Waals surface area contributed by atoms with Crippen molar-refractivity contribution in [2.45, 2.75) is 45.3 Å². The van der Waals surface area contributed by atoms with Gasteiger partial charge in [0, 0.05) is 52.6 Å². The number of hydrogen-bond donors (Lipinski definition) is 1. The molecule has 4 rings (SSSR count). The highest BCUT2D eigenvalue weighted by atomic mass is 16.5. The first-order chi connectivity index (χ1) is 17.8. The van der Waals surface area contributed by atoms with E-state index in [-0.39, 0.29) is 25.0 Å². The number of nitrogens with zero attached hydrogens (tertiary/aromatic N) is 3. The Balaban J connectivity index is 1.34. The Kier molecular flexibility index (Phi) is 9.05. The molecule has 8 heteroatoms. The summed E-state index contributed by atoms with van der Waals surface area (Å²) in [6.07, 6.45) is 2.42. The lowest BCUT2D eigenvalue weighted by Gasteiger charge is -2.32. The molecule has 0 saturated carbocycles. The maximum atomic E-state index is 12.2. The number of benzene rings is 2. The number of amides is 2. The predicted octanol–water partition coefficient (Wildman–Crippen LogP) is 2.86. The second-order valence-electron chi connectivity index (χ2n) is 10.3. The van der Waals surface area contributed by atoms with Gasteiger partial charge in [0.1, 0.15) is 23.7 Å². The first-order valence-electron chi connectivity index (χ1n) is 13.2. The van der Waals surface area contributed by atoms with Crippen LogP contribution in [-0.4, -0.2) is 89.7 Å². The van der Waals surface area contributed by atoms with Crippen molar-refractivity contribution in [1.82, 2.24) is 14.7 Å². The van der Waals surface area contributed by atoms with Gasteiger partial charge in [-0.3, -0.25) is 14.5 Å². The van der Waals surface area contributed by atoms with Crippen LogP contribution in [0.1, 0.15) is 37.3 Å². The molecule has 0 aliphatic carbocycles. The Hall–Kier alpha value is -3.10. The molecule has 200 valence electrons. The van der Waals surface area contributed by atoms with Crippen molar-refractivity contribution in [2.24, 2.45) is 0 Å². The topological polar surface area (TPSA) is 82.6 Å². The van der Waals surface area contributed by atoms with Crippen molar-refractivity contribution in [3.63, 3.8) is 0 Å². The van der Waals surface area contributed by atoms with Crippen LogP contribution in [0.4, 0.5) is 0 Å². The first-order valence-corrected chi connectivity index (χ1v) is 13.2. The number of likely N-dealkylation sites (tertiary alicyclic amines) is 1. The highest BCUT2D eigenvalue weighted by Gasteiger charge is 2.37. The van der Waals surface area contributed by atoms with Crippen LogP contribution in [0, 0.1) is 6.92 Å². The average Bonchev–Trinajstić information content (AvgIpc) is 3.20. The molecule has 2 amide bonds. The summed E-state index contributed by atoms with van der Waals surface area (Å²) in [5.41, 5.74) is 1.02. The van der Waals surface area contributed by atoms with Crippen LogP contribution < -0.4 is 9.47 Å². The summed E-state index contributed by atoms with van der Waals surface area (Å²) in [5.74, 6) is 1.68. The fourth-order valence-corrected chi connectivity index (χ4v) is 4.97. The van der Waals surface area contributed by atoms with Gasteiger partial charge < -0.3 is 24.4 Å². The molecule has 1 unspecified atom stereocenters. The summed E-state index contributed by atoms with van der Waals surface area (Å²) < 4.78 is 11.9. The van der Waals surface area contributed by atoms with E-state index < -0.39 is 5.60 Å². The fraction of sp³-hybridized carbons (Fsp3) is 0.517. The van der Waals surface area contributed by atoms with E-state index in [0.29, 0.717) is 45.0 Å². The van der Waals surface area contributed by atoms with Crippen molar-refractivity contribution >= 4 is 11.8 Å². The normalized spacial score (nSPS) is 20.7. The Morgan fingerprint density at radius 1 is 1.03 bits per heavy atom. The maximum Gasteiger partial charge on any atom is 0.222 e. The van der Waals surface area contributed by atoms with Crippen LogP contribution in [-0.2, 0) is 16.1 Å². The number of β-amino-alcohol motifs (C(OH)–C–C–N with tert-alkyl or cyclic N) is 1. The molecule has 2 aliphatic rings. The van der Waals surface area contributed by atoms with E-state index in [1.54, 1.807) is 4.90 Å². The zero-order valence-corrected chi connectivity index (χ0v) is 22.0. The van der Waals surface area contributed by atoms with Crippen LogP contribution >= 0.6 is 0 Å². The standard InChI is InChI=1S/C29H39N3O5/c1-23-9-11-26(12-10-23)37-22-29(35)20-30(15-16-32(21-29)24(2)33)19-25-6-3-7-27(18-25)36-17-5-14-31-13-4-8-28(31)34/h3,6-7,9-12,18,35H,4-5,8,13-17,19-22H2,1-2H3. The summed E-state index contributed by atoms with van der Waals surface area (Å²) in [4.78, 5) is 29.7. The molecule has 2 saturated heterocycles. The van der Waals surface area contributed by atoms with Gasteiger partial charge in [-0.15, -0.1) is 0 Å². The van der Waals surface area contributed by atoms with Gasteiger partial charge in [-0.1, -0.05) is 29.8 Å². The molecule has 8 nitrogen and oxygen atoms in total. The molecule has 37 heavy (non-hydrogen) atoms. The molecule has 0 aromatic heterocycles. The SMILES string of the molecule is CC(=O)N1CCN(Cc2cccc(OCCCN3CCCC3=O)c2)CC(O)(COc2ccc(C)cc2)C1. The van der Waals surface area contributed by atoms with E-state index >= 15 is 0 Å². The minimum absolute atomic E-state index is 0.0540. The predicted molar refractivity (Wildman–Crippen MR) is 142 cm³/mol. The molecule has 2 heterocycles. The summed E-state index contributed by atoms with van der Waals surface area (Å²) >= 11 is 0. The van der Waals surface area contributed by atoms with E-state index in [9.17, 15) is 14.7 Å². The lowest BCUT2D eigenvalue weighted by atomic mass is 10.0. The monoisotopic (exact) mass is 509 g/mol. The Morgan fingerprint density at radius 3 is 2.57 bits per heavy atom. The van der Waals surface area contributed by atoms with Crippen LogP contribution in [0.15, 0.2) is 48.5 Å². The molecule has 2 aromatic rings. The fourth-order valence-electron chi connectivity index (χ4n) is 4.97. The lowest BCUT2D eigenvalue weighted by molar-refractivity contribution is -0.132. The molecular weight excluding hydrogens is 470 g/mol. The Bertz CT molecular complexity index is 1060. The number of carbonyl (C=O) groups is 2. The van der Waals surface area contributed by atoms with Crippen molar-refractivity contribution in [1.29, 1.82) is 0 Å². The zero-order chi connectivity index (χ0) is 26.3. The summed E-state index contributed by atoms with van der Waals surface area (Å²) in [5, 5.41) is 11.5. The van der Waals surface area contributed by atoms with Crippen molar-refractivity contribution < 1.29 is 24.2 Å². The molecule has 1 N–H and O–H groups in total. The van der Waals surface area contributed by atoms with Gasteiger partial charge >= 0.3 is 0 Å². The Labute approximate surface area is 219 Å². The molecule has 0 spiro atoms. The number of ether oxygens (including phenoxy) is 2. The minimum Gasteiger partial charge on any atom is -0.494 e. The number of aryl methyl sites for hydroxylation is 1. The van der Waals surface area contributed by atoms with Crippen LogP contribution in [0.25, 0.3) is 0 Å². The number of carbonyl (C=O) groups excluding carboxylic acids is 2. The quantitative estimate of drug-likeness (QED) is 0.496. The highest BCUT2D eigenvalue weighted by Crippen LogP contribution is 2.22. The molecular formula is C29H39N3O5. The van der Waals surface area contributed by atoms with Gasteiger partial charge in [0.2, 0.25) is 11.8 Å². The van der Waals surface area contributed by atoms with E-state index in [4.69, 9.17) is 9.47 Å². The van der Waals surface area contributed by atoms with Gasteiger partial charge in [-0.2, -0.15) is 0 Å². The zero-order valence-electron chi connectivity index (χ0n) is 22.0. The first kappa shape index (κ1) is 26.9. The number of rotatable bonds is 10. The number of aliphatic hydroxyl groups is 1. The van der Waals surface area contributed by atoms with Gasteiger partial charge in [0.05, 0.1) is 13.2 Å². The van der Waals surface area contributed by atoms with E-state index in [1.807, 2.05) is 60.4 Å². The third-order valence-electron chi connectivity index (χ3n) is 6.98. The number of hydrogen-bond acceptors (Lipinski definition) is 6. The summed E-state index contributed by atoms with van der Waals surface area (Å²) in [6, 6.07) is 15.7. The molecule has 2 aliphatic heterocycles. The second-order valence-corrected chi connectivity index (χ2v) is 10.3. The van der Waals surface area contributed by atoms with Crippen molar-refractivity contribution in [3.8, 4) is 11.5 Å². The van der Waals surface area contributed by atoms with Crippen molar-refractivity contribution in [2.75, 3.05) is 52.5 Å². The molecule has 2 fully saturated rings. The molecule has 2 aromatic carbocycles. The van der Waals surface area contributed by atoms with Gasteiger partial charge in [-0.25, -0.2) is 0 Å². The van der Waals surface area contributed by atoms with E-state index in [2.05, 4.69) is 4.90 Å². The molecule has 0 radical (unpaired) electrons. The smallest absolute Gasteiger partial charge is 0.222 e. The second kappa shape index (κ2) is 12.4. The van der Waals surface area contributed by atoms with Gasteiger partial charge in [0.25, 0.3) is 0 Å². The van der Waals surface area contributed by atoms with E-state index in [0.717, 1.165) is 42.8 Å². The van der Waals surface area contributed by atoms with Crippen LogP contribution in [0.2, 0.25) is 0 Å². The summed E-state index contributed by atoms with van der Waals surface area (Å²) in [6.45, 7) is 8.24. The largest absolute Gasteiger partial charge is 0.494 e. The Morgan fingerprint density at radius 2 is 1.84 bits per heavy atom. The van der Waals surface area contributed by atoms with E-state index in [1.165, 1.54) is 6.92 Å². The van der Waals surface area contributed by atoms with Crippen molar-refractivity contribution in [3.05, 3.63) is 59.7 Å². The maximum absolute atomic E-state index is 12.2. The van der Waals surface area contributed by atoms with Gasteiger partial charge in [-0.05, 0) is 49.6 Å². The third-order valence-corrected chi connectivity index (χ3v) is 6.98. The lowest BCUT2D eigenvalue weighted by Crippen LogP contribution is -2.51. The minimum atomic E-state index is -1.20. The molecule has 1 atom stereocenters. The molecule has 0 bridgehead atoms. The van der Waals surface area contributed by atoms with Crippen LogP contribution in [0.5, 0.6) is 11.5 Å². The summed E-state index contributed by atoms with van der Waals surface area (Å²) in [7, 11) is 0.